The molecular formula is C16H26BN3O2Si. The van der Waals surface area contributed by atoms with Crippen LogP contribution in [0.3, 0.4) is 0 Å². The van der Waals surface area contributed by atoms with Crippen LogP contribution in [0.1, 0.15) is 27.7 Å². The molecule has 0 aromatic carbocycles. The van der Waals surface area contributed by atoms with E-state index in [2.05, 4.69) is 46.4 Å². The lowest BCUT2D eigenvalue weighted by Gasteiger charge is -2.32. The molecule has 0 atom stereocenters. The van der Waals surface area contributed by atoms with Gasteiger partial charge in [0.15, 0.2) is 0 Å². The molecule has 2 rings (SSSR count). The van der Waals surface area contributed by atoms with Crippen LogP contribution in [-0.4, -0.2) is 42.9 Å². The van der Waals surface area contributed by atoms with Gasteiger partial charge in [0.05, 0.1) is 17.7 Å². The summed E-state index contributed by atoms with van der Waals surface area (Å²) in [6, 6.07) is 0. The number of hydrogen-bond donors (Lipinski definition) is 1. The lowest BCUT2D eigenvalue weighted by molar-refractivity contribution is 0.00578. The van der Waals surface area contributed by atoms with Gasteiger partial charge in [-0.1, -0.05) is 25.6 Å². The van der Waals surface area contributed by atoms with E-state index in [-0.39, 0.29) is 11.2 Å². The lowest BCUT2D eigenvalue weighted by atomic mass is 9.81. The second-order valence-electron chi connectivity index (χ2n) is 7.83. The van der Waals surface area contributed by atoms with E-state index in [1.807, 2.05) is 27.7 Å². The Hall–Kier alpha value is -1.36. The average Bonchev–Trinajstić information content (AvgIpc) is 2.63. The molecule has 1 N–H and O–H groups in total. The van der Waals surface area contributed by atoms with Crippen molar-refractivity contribution in [2.75, 3.05) is 11.9 Å². The number of hydrogen-bond acceptors (Lipinski definition) is 5. The van der Waals surface area contributed by atoms with Crippen LogP contribution in [0.4, 0.5) is 5.95 Å². The van der Waals surface area contributed by atoms with Gasteiger partial charge in [-0.15, -0.1) is 5.54 Å². The van der Waals surface area contributed by atoms with Gasteiger partial charge in [0.25, 0.3) is 0 Å². The fourth-order valence-electron chi connectivity index (χ4n) is 1.96. The molecule has 0 spiro atoms. The van der Waals surface area contributed by atoms with Gasteiger partial charge in [0.2, 0.25) is 5.95 Å². The Bertz CT molecular complexity index is 599. The second-order valence-corrected chi connectivity index (χ2v) is 12.6. The van der Waals surface area contributed by atoms with E-state index in [0.29, 0.717) is 12.5 Å². The van der Waals surface area contributed by atoms with Gasteiger partial charge in [-0.25, -0.2) is 9.97 Å². The molecule has 1 aromatic heterocycles. The monoisotopic (exact) mass is 331 g/mol. The zero-order valence-corrected chi connectivity index (χ0v) is 16.2. The van der Waals surface area contributed by atoms with Gasteiger partial charge in [-0.2, -0.15) is 0 Å². The topological polar surface area (TPSA) is 56.3 Å². The summed E-state index contributed by atoms with van der Waals surface area (Å²) in [5.41, 5.74) is 3.40. The number of rotatable bonds is 3. The quantitative estimate of drug-likeness (QED) is 0.679. The number of nitrogens with zero attached hydrogens (tertiary/aromatic N) is 2. The van der Waals surface area contributed by atoms with Crippen molar-refractivity contribution in [3.05, 3.63) is 12.4 Å². The summed E-state index contributed by atoms with van der Waals surface area (Å²) in [5, 5.41) is 3.11. The maximum absolute atomic E-state index is 5.99. The van der Waals surface area contributed by atoms with E-state index in [9.17, 15) is 0 Å². The van der Waals surface area contributed by atoms with Crippen LogP contribution in [0, 0.1) is 11.5 Å². The molecule has 5 nitrogen and oxygen atoms in total. The predicted octanol–water partition coefficient (Wildman–Crippen LogP) is 2.07. The van der Waals surface area contributed by atoms with Gasteiger partial charge in [0, 0.05) is 17.9 Å². The molecule has 124 valence electrons. The highest BCUT2D eigenvalue weighted by Crippen LogP contribution is 2.36. The van der Waals surface area contributed by atoms with Crippen LogP contribution in [0.25, 0.3) is 0 Å². The molecule has 0 bridgehead atoms. The Morgan fingerprint density at radius 2 is 1.61 bits per heavy atom. The molecule has 1 aromatic rings. The van der Waals surface area contributed by atoms with E-state index in [4.69, 9.17) is 9.31 Å². The van der Waals surface area contributed by atoms with Gasteiger partial charge in [0.1, 0.15) is 8.07 Å². The zero-order valence-electron chi connectivity index (χ0n) is 15.2. The number of nitrogens with one attached hydrogen (secondary N) is 1. The van der Waals surface area contributed by atoms with Gasteiger partial charge in [-0.3, -0.25) is 0 Å². The van der Waals surface area contributed by atoms with Gasteiger partial charge < -0.3 is 14.6 Å². The average molecular weight is 331 g/mol. The molecule has 23 heavy (non-hydrogen) atoms. The molecule has 0 saturated carbocycles. The molecule has 7 heteroatoms. The van der Waals surface area contributed by atoms with E-state index in [1.165, 1.54) is 0 Å². The van der Waals surface area contributed by atoms with Gasteiger partial charge in [-0.05, 0) is 27.7 Å². The molecule has 1 aliphatic rings. The molecule has 0 amide bonds. The zero-order chi connectivity index (χ0) is 17.3. The van der Waals surface area contributed by atoms with E-state index in [0.717, 1.165) is 5.46 Å². The summed E-state index contributed by atoms with van der Waals surface area (Å²) < 4.78 is 12.0. The third kappa shape index (κ3) is 4.56. The maximum Gasteiger partial charge on any atom is 0.498 e. The first kappa shape index (κ1) is 18.0. The Morgan fingerprint density at radius 3 is 2.09 bits per heavy atom. The molecule has 2 heterocycles. The minimum absolute atomic E-state index is 0.360. The van der Waals surface area contributed by atoms with Crippen LogP contribution < -0.4 is 10.8 Å². The summed E-state index contributed by atoms with van der Waals surface area (Å²) >= 11 is 0. The molecular weight excluding hydrogens is 305 g/mol. The number of aromatic nitrogens is 2. The highest BCUT2D eigenvalue weighted by Gasteiger charge is 2.51. The summed E-state index contributed by atoms with van der Waals surface area (Å²) in [6.07, 6.45) is 3.48. The normalized spacial score (nSPS) is 19.2. The predicted molar refractivity (Wildman–Crippen MR) is 97.4 cm³/mol. The highest BCUT2D eigenvalue weighted by atomic mass is 28.3. The molecule has 1 fully saturated rings. The summed E-state index contributed by atoms with van der Waals surface area (Å²) in [5.74, 6) is 3.70. The van der Waals surface area contributed by atoms with Crippen molar-refractivity contribution in [3.63, 3.8) is 0 Å². The summed E-state index contributed by atoms with van der Waals surface area (Å²) in [4.78, 5) is 8.63. The molecule has 1 saturated heterocycles. The SMILES string of the molecule is CC1(C)OB(c2cnc(NCC#C[Si](C)(C)C)nc2)OC1(C)C. The summed E-state index contributed by atoms with van der Waals surface area (Å²) in [6.45, 7) is 15.3. The smallest absolute Gasteiger partial charge is 0.399 e. The fraction of sp³-hybridized carbons (Fsp3) is 0.625. The van der Waals surface area contributed by atoms with Crippen molar-refractivity contribution >= 4 is 26.6 Å². The van der Waals surface area contributed by atoms with Crippen molar-refractivity contribution in [1.29, 1.82) is 0 Å². The first-order chi connectivity index (χ1) is 10.5. The van der Waals surface area contributed by atoms with Crippen LogP contribution in [-0.2, 0) is 9.31 Å². The van der Waals surface area contributed by atoms with E-state index in [1.54, 1.807) is 12.4 Å². The Kier molecular flexibility index (Phi) is 4.90. The van der Waals surface area contributed by atoms with Crippen molar-refractivity contribution in [1.82, 2.24) is 9.97 Å². The van der Waals surface area contributed by atoms with Crippen LogP contribution in [0.2, 0.25) is 19.6 Å². The standard InChI is InChI=1S/C16H26BN3O2Si/c1-15(2)16(3,4)22-17(21-15)13-11-19-14(20-12-13)18-9-8-10-23(5,6)7/h11-12H,9H2,1-7H3,(H,18,19,20). The van der Waals surface area contributed by atoms with Crippen molar-refractivity contribution < 1.29 is 9.31 Å². The molecule has 0 radical (unpaired) electrons. The second kappa shape index (κ2) is 6.27. The molecule has 0 aliphatic carbocycles. The maximum atomic E-state index is 5.99. The van der Waals surface area contributed by atoms with Crippen LogP contribution in [0.15, 0.2) is 12.4 Å². The third-order valence-electron chi connectivity index (χ3n) is 4.00. The van der Waals surface area contributed by atoms with Gasteiger partial charge >= 0.3 is 7.12 Å². The van der Waals surface area contributed by atoms with Crippen LogP contribution >= 0.6 is 0 Å². The van der Waals surface area contributed by atoms with Crippen molar-refractivity contribution in [2.45, 2.75) is 58.5 Å². The highest BCUT2D eigenvalue weighted by molar-refractivity contribution is 6.83. The van der Waals surface area contributed by atoms with Crippen molar-refractivity contribution in [3.8, 4) is 11.5 Å². The molecule has 0 unspecified atom stereocenters. The summed E-state index contributed by atoms with van der Waals surface area (Å²) in [7, 11) is -1.75. The molecule has 1 aliphatic heterocycles. The van der Waals surface area contributed by atoms with E-state index >= 15 is 0 Å². The third-order valence-corrected chi connectivity index (χ3v) is 4.92. The minimum Gasteiger partial charge on any atom is -0.399 e. The lowest BCUT2D eigenvalue weighted by Crippen LogP contribution is -2.41. The van der Waals surface area contributed by atoms with Crippen LogP contribution in [0.5, 0.6) is 0 Å². The Balaban J connectivity index is 1.97. The first-order valence-corrected chi connectivity index (χ1v) is 11.4. The Labute approximate surface area is 140 Å². The number of anilines is 1. The first-order valence-electron chi connectivity index (χ1n) is 7.92. The Morgan fingerprint density at radius 1 is 1.09 bits per heavy atom. The largest absolute Gasteiger partial charge is 0.498 e. The fourth-order valence-corrected chi connectivity index (χ4v) is 2.58. The minimum atomic E-state index is -1.32. The van der Waals surface area contributed by atoms with E-state index < -0.39 is 15.2 Å². The van der Waals surface area contributed by atoms with Crippen molar-refractivity contribution in [2.24, 2.45) is 0 Å².